The number of hydrogen-bond donors (Lipinski definition) is 0. The van der Waals surface area contributed by atoms with Gasteiger partial charge in [-0.2, -0.15) is 0 Å². The fourth-order valence-corrected chi connectivity index (χ4v) is 2.92. The molecular formula is C15H15NO2. The lowest BCUT2D eigenvalue weighted by Gasteiger charge is -2.23. The van der Waals surface area contributed by atoms with Crippen LogP contribution in [0.25, 0.3) is 0 Å². The molecule has 92 valence electrons. The minimum Gasteiger partial charge on any atom is -0.304 e. The van der Waals surface area contributed by atoms with E-state index in [1.807, 2.05) is 25.1 Å². The monoisotopic (exact) mass is 241 g/mol. The Kier molecular flexibility index (Phi) is 2.37. The van der Waals surface area contributed by atoms with Crippen LogP contribution in [-0.4, -0.2) is 17.7 Å². The SMILES string of the molecule is CC1=CC(=O)N2c3c(C)cccc3C[C@H]2CC1=O. The molecule has 1 amide bonds. The minimum atomic E-state index is -0.0589. The number of allylic oxidation sites excluding steroid dienone is 1. The lowest BCUT2D eigenvalue weighted by atomic mass is 10.0. The number of rotatable bonds is 0. The molecule has 0 N–H and O–H groups in total. The number of amides is 1. The third-order valence-electron chi connectivity index (χ3n) is 3.82. The fourth-order valence-electron chi connectivity index (χ4n) is 2.92. The molecule has 0 saturated heterocycles. The molecule has 0 fully saturated rings. The van der Waals surface area contributed by atoms with E-state index in [9.17, 15) is 9.59 Å². The topological polar surface area (TPSA) is 37.4 Å². The molecule has 1 aromatic rings. The second kappa shape index (κ2) is 3.80. The predicted octanol–water partition coefficient (Wildman–Crippen LogP) is 2.17. The number of ketones is 1. The summed E-state index contributed by atoms with van der Waals surface area (Å²) in [6, 6.07) is 6.06. The molecule has 0 radical (unpaired) electrons. The smallest absolute Gasteiger partial charge is 0.251 e. The van der Waals surface area contributed by atoms with Crippen molar-refractivity contribution >= 4 is 17.4 Å². The number of aryl methyl sites for hydroxylation is 1. The van der Waals surface area contributed by atoms with Crippen LogP contribution in [0.2, 0.25) is 0 Å². The number of hydrogen-bond acceptors (Lipinski definition) is 2. The Hall–Kier alpha value is -1.90. The Bertz CT molecular complexity index is 586. The molecule has 1 atom stereocenters. The molecule has 18 heavy (non-hydrogen) atoms. The molecule has 3 nitrogen and oxygen atoms in total. The quantitative estimate of drug-likeness (QED) is 0.698. The Morgan fingerprint density at radius 3 is 2.72 bits per heavy atom. The highest BCUT2D eigenvalue weighted by Gasteiger charge is 2.37. The zero-order chi connectivity index (χ0) is 12.9. The van der Waals surface area contributed by atoms with Crippen LogP contribution in [0.5, 0.6) is 0 Å². The van der Waals surface area contributed by atoms with Gasteiger partial charge in [0, 0.05) is 18.5 Å². The number of carbonyl (C=O) groups is 2. The Morgan fingerprint density at radius 1 is 1.17 bits per heavy atom. The molecule has 0 aromatic heterocycles. The van der Waals surface area contributed by atoms with Crippen molar-refractivity contribution in [2.75, 3.05) is 4.90 Å². The predicted molar refractivity (Wildman–Crippen MR) is 69.5 cm³/mol. The van der Waals surface area contributed by atoms with Crippen LogP contribution in [0.3, 0.4) is 0 Å². The molecule has 0 aliphatic carbocycles. The first-order valence-corrected chi connectivity index (χ1v) is 6.21. The third kappa shape index (κ3) is 1.50. The van der Waals surface area contributed by atoms with E-state index < -0.39 is 0 Å². The normalized spacial score (nSPS) is 22.4. The van der Waals surface area contributed by atoms with Crippen molar-refractivity contribution in [2.45, 2.75) is 32.7 Å². The number of Topliss-reactive ketones (excluding diaryl/α,β-unsaturated/α-hetero) is 1. The van der Waals surface area contributed by atoms with Gasteiger partial charge in [-0.25, -0.2) is 0 Å². The molecule has 2 aliphatic rings. The Morgan fingerprint density at radius 2 is 1.94 bits per heavy atom. The average molecular weight is 241 g/mol. The fraction of sp³-hybridized carbons (Fsp3) is 0.333. The van der Waals surface area contributed by atoms with Gasteiger partial charge in [-0.05, 0) is 37.0 Å². The van der Waals surface area contributed by atoms with Gasteiger partial charge in [-0.3, -0.25) is 9.59 Å². The summed E-state index contributed by atoms with van der Waals surface area (Å²) in [6.45, 7) is 3.74. The molecule has 0 unspecified atom stereocenters. The summed E-state index contributed by atoms with van der Waals surface area (Å²) in [7, 11) is 0. The van der Waals surface area contributed by atoms with Gasteiger partial charge in [0.1, 0.15) is 0 Å². The van der Waals surface area contributed by atoms with Crippen LogP contribution in [0, 0.1) is 6.92 Å². The number of carbonyl (C=O) groups excluding carboxylic acids is 2. The van der Waals surface area contributed by atoms with Gasteiger partial charge in [-0.15, -0.1) is 0 Å². The second-order valence-corrected chi connectivity index (χ2v) is 5.10. The summed E-state index contributed by atoms with van der Waals surface area (Å²) >= 11 is 0. The van der Waals surface area contributed by atoms with Crippen molar-refractivity contribution in [1.29, 1.82) is 0 Å². The highest BCUT2D eigenvalue weighted by molar-refractivity contribution is 6.12. The first-order valence-electron chi connectivity index (χ1n) is 6.21. The summed E-state index contributed by atoms with van der Waals surface area (Å²) in [4.78, 5) is 26.0. The van der Waals surface area contributed by atoms with Crippen LogP contribution in [0.4, 0.5) is 5.69 Å². The molecule has 3 heteroatoms. The summed E-state index contributed by atoms with van der Waals surface area (Å²) < 4.78 is 0. The Balaban J connectivity index is 2.13. The third-order valence-corrected chi connectivity index (χ3v) is 3.82. The van der Waals surface area contributed by atoms with E-state index >= 15 is 0 Å². The molecule has 1 aromatic carbocycles. The number of nitrogens with zero attached hydrogens (tertiary/aromatic N) is 1. The standard InChI is InChI=1S/C15H15NO2/c1-9-4-3-5-11-7-12-8-13(17)10(2)6-14(18)16(12)15(9)11/h3-6,12H,7-8H2,1-2H3/t12-/m0/s1. The van der Waals surface area contributed by atoms with Gasteiger partial charge in [0.15, 0.2) is 5.78 Å². The van der Waals surface area contributed by atoms with Crippen molar-refractivity contribution in [2.24, 2.45) is 0 Å². The van der Waals surface area contributed by atoms with Crippen LogP contribution in [0.1, 0.15) is 24.5 Å². The summed E-state index contributed by atoms with van der Waals surface area (Å²) in [5.74, 6) is 0.0257. The van der Waals surface area contributed by atoms with Gasteiger partial charge in [0.25, 0.3) is 5.91 Å². The maximum atomic E-state index is 12.3. The van der Waals surface area contributed by atoms with Gasteiger partial charge >= 0.3 is 0 Å². The molecule has 0 spiro atoms. The second-order valence-electron chi connectivity index (χ2n) is 5.10. The number of anilines is 1. The van der Waals surface area contributed by atoms with Crippen LogP contribution in [0.15, 0.2) is 29.8 Å². The van der Waals surface area contributed by atoms with Crippen molar-refractivity contribution in [3.63, 3.8) is 0 Å². The van der Waals surface area contributed by atoms with Gasteiger partial charge < -0.3 is 4.90 Å². The Labute approximate surface area is 106 Å². The van der Waals surface area contributed by atoms with Gasteiger partial charge in [0.05, 0.1) is 5.69 Å². The van der Waals surface area contributed by atoms with Crippen molar-refractivity contribution in [3.05, 3.63) is 41.0 Å². The first-order chi connectivity index (χ1) is 8.58. The van der Waals surface area contributed by atoms with E-state index in [0.717, 1.165) is 17.7 Å². The van der Waals surface area contributed by atoms with E-state index in [4.69, 9.17) is 0 Å². The summed E-state index contributed by atoms with van der Waals surface area (Å²) in [5.41, 5.74) is 3.86. The maximum absolute atomic E-state index is 12.3. The van der Waals surface area contributed by atoms with Gasteiger partial charge in [-0.1, -0.05) is 18.2 Å². The van der Waals surface area contributed by atoms with E-state index in [1.165, 1.54) is 11.6 Å². The molecule has 0 saturated carbocycles. The molecule has 2 heterocycles. The minimum absolute atomic E-state index is 0.00481. The van der Waals surface area contributed by atoms with Crippen LogP contribution < -0.4 is 4.90 Å². The van der Waals surface area contributed by atoms with E-state index in [-0.39, 0.29) is 17.7 Å². The highest BCUT2D eigenvalue weighted by Crippen LogP contribution is 2.37. The summed E-state index contributed by atoms with van der Waals surface area (Å²) in [5, 5.41) is 0. The van der Waals surface area contributed by atoms with E-state index in [0.29, 0.717) is 12.0 Å². The summed E-state index contributed by atoms with van der Waals surface area (Å²) in [6.07, 6.45) is 2.70. The number of benzene rings is 1. The maximum Gasteiger partial charge on any atom is 0.251 e. The number of para-hydroxylation sites is 1. The van der Waals surface area contributed by atoms with E-state index in [2.05, 4.69) is 0 Å². The van der Waals surface area contributed by atoms with Crippen LogP contribution in [-0.2, 0) is 16.0 Å². The highest BCUT2D eigenvalue weighted by atomic mass is 16.2. The van der Waals surface area contributed by atoms with E-state index in [1.54, 1.807) is 11.8 Å². The van der Waals surface area contributed by atoms with Crippen molar-refractivity contribution in [1.82, 2.24) is 0 Å². The first kappa shape index (κ1) is 11.2. The van der Waals surface area contributed by atoms with Crippen molar-refractivity contribution in [3.8, 4) is 0 Å². The zero-order valence-electron chi connectivity index (χ0n) is 10.6. The lowest BCUT2D eigenvalue weighted by Crippen LogP contribution is -2.36. The van der Waals surface area contributed by atoms with Crippen molar-refractivity contribution < 1.29 is 9.59 Å². The molecular weight excluding hydrogens is 226 g/mol. The lowest BCUT2D eigenvalue weighted by molar-refractivity contribution is -0.115. The molecule has 3 rings (SSSR count). The van der Waals surface area contributed by atoms with Gasteiger partial charge in [0.2, 0.25) is 0 Å². The number of fused-ring (bicyclic) bond motifs is 3. The largest absolute Gasteiger partial charge is 0.304 e. The molecule has 2 aliphatic heterocycles. The zero-order valence-corrected chi connectivity index (χ0v) is 10.6. The molecule has 0 bridgehead atoms. The average Bonchev–Trinajstić information content (AvgIpc) is 2.63. The van der Waals surface area contributed by atoms with Crippen LogP contribution >= 0.6 is 0 Å².